The molecule has 0 amide bonds. The average Bonchev–Trinajstić information content (AvgIpc) is 2.49. The molecule has 1 aliphatic rings. The molecule has 0 aromatic heterocycles. The molecule has 106 valence electrons. The Morgan fingerprint density at radius 2 is 1.84 bits per heavy atom. The first kappa shape index (κ1) is 14.5. The summed E-state index contributed by atoms with van der Waals surface area (Å²) in [5.74, 6) is 0.722. The molecule has 2 rings (SSSR count). The van der Waals surface area contributed by atoms with E-state index in [-0.39, 0.29) is 6.10 Å². The highest BCUT2D eigenvalue weighted by molar-refractivity contribution is 5.20. The highest BCUT2D eigenvalue weighted by atomic mass is 16.3. The van der Waals surface area contributed by atoms with Crippen molar-refractivity contribution in [3.63, 3.8) is 0 Å². The van der Waals surface area contributed by atoms with Crippen molar-refractivity contribution in [2.24, 2.45) is 5.92 Å². The van der Waals surface area contributed by atoms with Gasteiger partial charge in [-0.15, -0.1) is 0 Å². The van der Waals surface area contributed by atoms with Crippen molar-refractivity contribution in [3.05, 3.63) is 35.9 Å². The van der Waals surface area contributed by atoms with Gasteiger partial charge in [-0.25, -0.2) is 0 Å². The van der Waals surface area contributed by atoms with E-state index in [0.717, 1.165) is 12.3 Å². The summed E-state index contributed by atoms with van der Waals surface area (Å²) in [4.78, 5) is 0. The molecule has 1 saturated carbocycles. The highest BCUT2D eigenvalue weighted by Gasteiger charge is 2.24. The Labute approximate surface area is 117 Å². The molecule has 0 spiro atoms. The average molecular weight is 261 g/mol. The third kappa shape index (κ3) is 4.32. The maximum Gasteiger partial charge on any atom is 0.0662 e. The lowest BCUT2D eigenvalue weighted by Gasteiger charge is -2.32. The summed E-state index contributed by atoms with van der Waals surface area (Å²) >= 11 is 0. The number of aliphatic hydroxyl groups is 1. The van der Waals surface area contributed by atoms with E-state index in [0.29, 0.717) is 12.6 Å². The van der Waals surface area contributed by atoms with Gasteiger partial charge in [0.15, 0.2) is 0 Å². The summed E-state index contributed by atoms with van der Waals surface area (Å²) in [6, 6.07) is 11.1. The molecule has 19 heavy (non-hydrogen) atoms. The quantitative estimate of drug-likeness (QED) is 0.819. The predicted octanol–water partition coefficient (Wildman–Crippen LogP) is 3.67. The summed E-state index contributed by atoms with van der Waals surface area (Å²) in [6.45, 7) is 2.73. The fourth-order valence-electron chi connectivity index (χ4n) is 3.09. The topological polar surface area (TPSA) is 32.3 Å². The van der Waals surface area contributed by atoms with Gasteiger partial charge in [0.25, 0.3) is 0 Å². The molecule has 0 bridgehead atoms. The fraction of sp³-hybridized carbons (Fsp3) is 0.647. The normalized spacial score (nSPS) is 20.1. The van der Waals surface area contributed by atoms with Crippen LogP contribution in [0.2, 0.25) is 0 Å². The van der Waals surface area contributed by atoms with Crippen molar-refractivity contribution in [1.29, 1.82) is 0 Å². The smallest absolute Gasteiger partial charge is 0.0662 e. The van der Waals surface area contributed by atoms with Crippen LogP contribution in [0, 0.1) is 5.92 Å². The molecule has 0 aliphatic heterocycles. The van der Waals surface area contributed by atoms with E-state index < -0.39 is 0 Å². The second kappa shape index (κ2) is 7.66. The number of benzene rings is 1. The zero-order chi connectivity index (χ0) is 13.5. The van der Waals surface area contributed by atoms with E-state index >= 15 is 0 Å². The van der Waals surface area contributed by atoms with E-state index in [4.69, 9.17) is 0 Å². The minimum atomic E-state index is -0.227. The Bertz CT molecular complexity index is 346. The summed E-state index contributed by atoms with van der Waals surface area (Å²) in [5.41, 5.74) is 1.37. The Hall–Kier alpha value is -0.860. The minimum Gasteiger partial charge on any atom is -0.392 e. The van der Waals surface area contributed by atoms with Gasteiger partial charge in [-0.05, 0) is 30.7 Å². The van der Waals surface area contributed by atoms with Gasteiger partial charge in [-0.3, -0.25) is 0 Å². The van der Waals surface area contributed by atoms with Gasteiger partial charge in [0.05, 0.1) is 6.10 Å². The van der Waals surface area contributed by atoms with Crippen LogP contribution < -0.4 is 5.32 Å². The first-order valence-corrected chi connectivity index (χ1v) is 7.77. The van der Waals surface area contributed by atoms with Crippen LogP contribution in [0.4, 0.5) is 0 Å². The monoisotopic (exact) mass is 261 g/mol. The lowest BCUT2D eigenvalue weighted by molar-refractivity contribution is 0.152. The summed E-state index contributed by atoms with van der Waals surface area (Å²) in [7, 11) is 0. The number of rotatable bonds is 6. The number of nitrogens with one attached hydrogen (secondary N) is 1. The molecule has 2 atom stereocenters. The van der Waals surface area contributed by atoms with Crippen molar-refractivity contribution in [2.45, 2.75) is 57.6 Å². The van der Waals surface area contributed by atoms with Gasteiger partial charge in [0.2, 0.25) is 0 Å². The zero-order valence-corrected chi connectivity index (χ0v) is 12.0. The molecule has 0 saturated heterocycles. The molecular formula is C17H27NO. The molecule has 0 radical (unpaired) electrons. The Kier molecular flexibility index (Phi) is 5.87. The number of hydrogen-bond acceptors (Lipinski definition) is 2. The van der Waals surface area contributed by atoms with Crippen molar-refractivity contribution in [2.75, 3.05) is 6.54 Å². The van der Waals surface area contributed by atoms with Crippen LogP contribution in [0.25, 0.3) is 0 Å². The lowest BCUT2D eigenvalue weighted by atomic mass is 9.81. The van der Waals surface area contributed by atoms with Crippen LogP contribution in [0.3, 0.4) is 0 Å². The summed E-state index contributed by atoms with van der Waals surface area (Å²) in [6.07, 6.45) is 7.31. The van der Waals surface area contributed by atoms with Crippen LogP contribution in [-0.2, 0) is 0 Å². The van der Waals surface area contributed by atoms with Gasteiger partial charge >= 0.3 is 0 Å². The second-order valence-electron chi connectivity index (χ2n) is 5.76. The molecule has 2 N–H and O–H groups in total. The van der Waals surface area contributed by atoms with Crippen molar-refractivity contribution in [1.82, 2.24) is 5.32 Å². The molecular weight excluding hydrogens is 234 g/mol. The third-order valence-electron chi connectivity index (χ3n) is 4.32. The van der Waals surface area contributed by atoms with Gasteiger partial charge in [0, 0.05) is 12.6 Å². The largest absolute Gasteiger partial charge is 0.392 e. The molecule has 1 fully saturated rings. The minimum absolute atomic E-state index is 0.227. The Balaban J connectivity index is 2.04. The lowest BCUT2D eigenvalue weighted by Crippen LogP contribution is -2.35. The van der Waals surface area contributed by atoms with Gasteiger partial charge in [-0.2, -0.15) is 0 Å². The molecule has 0 heterocycles. The second-order valence-corrected chi connectivity index (χ2v) is 5.76. The zero-order valence-electron chi connectivity index (χ0n) is 12.0. The number of hydrogen-bond donors (Lipinski definition) is 2. The first-order valence-electron chi connectivity index (χ1n) is 7.77. The van der Waals surface area contributed by atoms with Crippen molar-refractivity contribution < 1.29 is 5.11 Å². The Morgan fingerprint density at radius 1 is 1.16 bits per heavy atom. The maximum atomic E-state index is 9.79. The van der Waals surface area contributed by atoms with Crippen molar-refractivity contribution in [3.8, 4) is 0 Å². The van der Waals surface area contributed by atoms with E-state index in [1.54, 1.807) is 0 Å². The molecule has 2 heteroatoms. The van der Waals surface area contributed by atoms with Gasteiger partial charge < -0.3 is 10.4 Å². The fourth-order valence-corrected chi connectivity index (χ4v) is 3.09. The van der Waals surface area contributed by atoms with Gasteiger partial charge in [-0.1, -0.05) is 56.5 Å². The van der Waals surface area contributed by atoms with Crippen LogP contribution in [-0.4, -0.2) is 17.8 Å². The maximum absolute atomic E-state index is 9.79. The van der Waals surface area contributed by atoms with E-state index in [1.165, 1.54) is 37.7 Å². The van der Waals surface area contributed by atoms with E-state index in [1.807, 2.05) is 6.92 Å². The molecule has 1 aromatic carbocycles. The molecule has 2 nitrogen and oxygen atoms in total. The highest BCUT2D eigenvalue weighted by Crippen LogP contribution is 2.34. The van der Waals surface area contributed by atoms with Crippen LogP contribution in [0.1, 0.15) is 57.1 Å². The molecule has 1 aromatic rings. The molecule has 2 unspecified atom stereocenters. The third-order valence-corrected chi connectivity index (χ3v) is 4.32. The predicted molar refractivity (Wildman–Crippen MR) is 80.1 cm³/mol. The molecule has 1 aliphatic carbocycles. The first-order chi connectivity index (χ1) is 9.31. The summed E-state index contributed by atoms with van der Waals surface area (Å²) < 4.78 is 0. The van der Waals surface area contributed by atoms with Crippen LogP contribution in [0.15, 0.2) is 30.3 Å². The van der Waals surface area contributed by atoms with Crippen molar-refractivity contribution >= 4 is 0 Å². The summed E-state index contributed by atoms with van der Waals surface area (Å²) in [5, 5.41) is 13.4. The SMILES string of the molecule is CCC(O)CNC(c1ccccc1)C1CCCCC1. The van der Waals surface area contributed by atoms with Crippen LogP contribution in [0.5, 0.6) is 0 Å². The van der Waals surface area contributed by atoms with E-state index in [9.17, 15) is 5.11 Å². The van der Waals surface area contributed by atoms with Gasteiger partial charge in [0.1, 0.15) is 0 Å². The standard InChI is InChI=1S/C17H27NO/c1-2-16(19)13-18-17(14-9-5-3-6-10-14)15-11-7-4-8-12-15/h3,5-6,9-10,15-19H,2,4,7-8,11-13H2,1H3. The van der Waals surface area contributed by atoms with Crippen LogP contribution >= 0.6 is 0 Å². The van der Waals surface area contributed by atoms with E-state index in [2.05, 4.69) is 35.6 Å². The number of aliphatic hydroxyl groups excluding tert-OH is 1. The Morgan fingerprint density at radius 3 is 2.47 bits per heavy atom.